The van der Waals surface area contributed by atoms with Crippen LogP contribution < -0.4 is 5.73 Å². The molecule has 2 heterocycles. The first kappa shape index (κ1) is 20.0. The molecule has 1 aliphatic heterocycles. The first-order valence-electron chi connectivity index (χ1n) is 10.5. The minimum Gasteiger partial charge on any atom is -0.370 e. The van der Waals surface area contributed by atoms with Crippen molar-refractivity contribution >= 4 is 11.9 Å². The molecule has 1 aromatic heterocycles. The van der Waals surface area contributed by atoms with Crippen molar-refractivity contribution in [2.45, 2.75) is 38.8 Å². The van der Waals surface area contributed by atoms with Crippen LogP contribution in [0.3, 0.4) is 0 Å². The normalized spacial score (nSPS) is 34.9. The van der Waals surface area contributed by atoms with Gasteiger partial charge in [0.2, 0.25) is 0 Å². The molecule has 4 rings (SSSR count). The summed E-state index contributed by atoms with van der Waals surface area (Å²) in [5.74, 6) is 1.03. The second-order valence-corrected chi connectivity index (χ2v) is 8.82. The summed E-state index contributed by atoms with van der Waals surface area (Å²) in [5.41, 5.74) is 9.10. The van der Waals surface area contributed by atoms with Crippen LogP contribution in [-0.4, -0.2) is 29.0 Å². The summed E-state index contributed by atoms with van der Waals surface area (Å²) >= 11 is 0. The Morgan fingerprint density at radius 3 is 2.55 bits per heavy atom. The molecule has 1 saturated heterocycles. The molecule has 1 aromatic carbocycles. The van der Waals surface area contributed by atoms with Gasteiger partial charge >= 0.3 is 0 Å². The molecule has 152 valence electrons. The van der Waals surface area contributed by atoms with Gasteiger partial charge in [0.1, 0.15) is 6.61 Å². The van der Waals surface area contributed by atoms with Crippen LogP contribution >= 0.6 is 0 Å². The van der Waals surface area contributed by atoms with Crippen LogP contribution in [0.2, 0.25) is 0 Å². The largest absolute Gasteiger partial charge is 0.370 e. The standard InChI is InChI=1S/C25H30N2O2/c1-16-13-25(26)23(28)15-29-18(3)24(25)22(17(16)2)12-11-21-10-9-20(14-27-21)19-7-5-4-6-8-19/h4-12,14,16-18,22,24H,13,15,26H2,1-3H3/b12-11+. The fourth-order valence-electron chi connectivity index (χ4n) is 5.19. The van der Waals surface area contributed by atoms with Gasteiger partial charge in [-0.1, -0.05) is 56.3 Å². The van der Waals surface area contributed by atoms with E-state index in [1.54, 1.807) is 0 Å². The van der Waals surface area contributed by atoms with E-state index in [-0.39, 0.29) is 30.3 Å². The molecule has 6 unspecified atom stereocenters. The summed E-state index contributed by atoms with van der Waals surface area (Å²) in [5, 5.41) is 0. The molecule has 6 atom stereocenters. The number of carbonyl (C=O) groups excluding carboxylic acids is 1. The smallest absolute Gasteiger partial charge is 0.178 e. The zero-order valence-electron chi connectivity index (χ0n) is 17.4. The summed E-state index contributed by atoms with van der Waals surface area (Å²) in [6.45, 7) is 6.65. The number of allylic oxidation sites excluding steroid dienone is 1. The van der Waals surface area contributed by atoms with Crippen molar-refractivity contribution < 1.29 is 9.53 Å². The summed E-state index contributed by atoms with van der Waals surface area (Å²) in [4.78, 5) is 17.3. The minimum atomic E-state index is -0.788. The highest BCUT2D eigenvalue weighted by Crippen LogP contribution is 2.48. The SMILES string of the molecule is CC1CC2(N)C(=O)COC(C)C2C(/C=C/c2ccc(-c3ccccc3)cn2)C1C. The Morgan fingerprint density at radius 1 is 1.10 bits per heavy atom. The zero-order chi connectivity index (χ0) is 20.6. The predicted octanol–water partition coefficient (Wildman–Crippen LogP) is 4.36. The third kappa shape index (κ3) is 3.67. The van der Waals surface area contributed by atoms with Crippen molar-refractivity contribution in [3.05, 3.63) is 60.4 Å². The lowest BCUT2D eigenvalue weighted by Crippen LogP contribution is -2.68. The van der Waals surface area contributed by atoms with Gasteiger partial charge in [-0.2, -0.15) is 0 Å². The lowest BCUT2D eigenvalue weighted by atomic mass is 9.56. The monoisotopic (exact) mass is 390 g/mol. The van der Waals surface area contributed by atoms with Crippen LogP contribution in [-0.2, 0) is 9.53 Å². The number of fused-ring (bicyclic) bond motifs is 1. The molecule has 4 nitrogen and oxygen atoms in total. The molecule has 2 aromatic rings. The van der Waals surface area contributed by atoms with Gasteiger partial charge in [-0.3, -0.25) is 9.78 Å². The van der Waals surface area contributed by atoms with Crippen molar-refractivity contribution in [1.82, 2.24) is 4.98 Å². The highest BCUT2D eigenvalue weighted by molar-refractivity contribution is 5.90. The molecule has 1 aliphatic carbocycles. The summed E-state index contributed by atoms with van der Waals surface area (Å²) in [6, 6.07) is 14.4. The number of hydrogen-bond donors (Lipinski definition) is 1. The van der Waals surface area contributed by atoms with Gasteiger partial charge in [0.25, 0.3) is 0 Å². The zero-order valence-corrected chi connectivity index (χ0v) is 17.4. The average molecular weight is 391 g/mol. The van der Waals surface area contributed by atoms with Crippen LogP contribution in [0.5, 0.6) is 0 Å². The Labute approximate surface area is 173 Å². The molecule has 2 N–H and O–H groups in total. The maximum Gasteiger partial charge on any atom is 0.178 e. The Morgan fingerprint density at radius 2 is 1.86 bits per heavy atom. The van der Waals surface area contributed by atoms with E-state index in [0.717, 1.165) is 23.2 Å². The van der Waals surface area contributed by atoms with E-state index in [9.17, 15) is 4.79 Å². The summed E-state index contributed by atoms with van der Waals surface area (Å²) < 4.78 is 5.78. The fourth-order valence-corrected chi connectivity index (χ4v) is 5.19. The number of rotatable bonds is 3. The number of nitrogens with zero attached hydrogens (tertiary/aromatic N) is 1. The van der Waals surface area contributed by atoms with E-state index in [1.165, 1.54) is 0 Å². The van der Waals surface area contributed by atoms with E-state index in [0.29, 0.717) is 11.8 Å². The summed E-state index contributed by atoms with van der Waals surface area (Å²) in [7, 11) is 0. The number of pyridine rings is 1. The van der Waals surface area contributed by atoms with Gasteiger partial charge in [0.15, 0.2) is 5.78 Å². The topological polar surface area (TPSA) is 65.2 Å². The molecule has 2 fully saturated rings. The van der Waals surface area contributed by atoms with Gasteiger partial charge in [0.05, 0.1) is 17.3 Å². The molecular formula is C25H30N2O2. The van der Waals surface area contributed by atoms with E-state index in [2.05, 4.69) is 56.1 Å². The van der Waals surface area contributed by atoms with E-state index >= 15 is 0 Å². The Bertz CT molecular complexity index is 893. The second-order valence-electron chi connectivity index (χ2n) is 8.82. The number of nitrogens with two attached hydrogens (primary N) is 1. The number of aromatic nitrogens is 1. The summed E-state index contributed by atoms with van der Waals surface area (Å²) in [6.07, 6.45) is 6.89. The highest BCUT2D eigenvalue weighted by atomic mass is 16.5. The maximum atomic E-state index is 12.7. The van der Waals surface area contributed by atoms with Gasteiger partial charge in [0, 0.05) is 17.7 Å². The molecule has 0 spiro atoms. The van der Waals surface area contributed by atoms with Crippen molar-refractivity contribution in [2.24, 2.45) is 29.4 Å². The van der Waals surface area contributed by atoms with Gasteiger partial charge < -0.3 is 10.5 Å². The maximum absolute atomic E-state index is 12.7. The fraction of sp³-hybridized carbons (Fsp3) is 0.440. The molecular weight excluding hydrogens is 360 g/mol. The lowest BCUT2D eigenvalue weighted by molar-refractivity contribution is -0.158. The third-order valence-electron chi connectivity index (χ3n) is 7.06. The molecule has 29 heavy (non-hydrogen) atoms. The number of benzene rings is 1. The first-order valence-corrected chi connectivity index (χ1v) is 10.5. The molecule has 2 aliphatic rings. The minimum absolute atomic E-state index is 0.00482. The Hall–Kier alpha value is -2.30. The molecule has 4 heteroatoms. The first-order chi connectivity index (χ1) is 13.9. The van der Waals surface area contributed by atoms with Crippen LogP contribution in [0.4, 0.5) is 0 Å². The Kier molecular flexibility index (Phi) is 5.41. The third-order valence-corrected chi connectivity index (χ3v) is 7.06. The molecule has 0 bridgehead atoms. The average Bonchev–Trinajstić information content (AvgIpc) is 2.73. The van der Waals surface area contributed by atoms with Crippen molar-refractivity contribution in [3.8, 4) is 11.1 Å². The lowest BCUT2D eigenvalue weighted by Gasteiger charge is -2.54. The van der Waals surface area contributed by atoms with E-state index in [4.69, 9.17) is 10.5 Å². The molecule has 1 saturated carbocycles. The highest BCUT2D eigenvalue weighted by Gasteiger charge is 2.56. The van der Waals surface area contributed by atoms with Crippen LogP contribution in [0.25, 0.3) is 17.2 Å². The second kappa shape index (κ2) is 7.85. The molecule has 0 amide bonds. The number of ether oxygens (including phenoxy) is 1. The van der Waals surface area contributed by atoms with Crippen molar-refractivity contribution in [3.63, 3.8) is 0 Å². The van der Waals surface area contributed by atoms with Crippen molar-refractivity contribution in [2.75, 3.05) is 6.61 Å². The van der Waals surface area contributed by atoms with E-state index in [1.807, 2.05) is 30.5 Å². The number of carbonyl (C=O) groups is 1. The van der Waals surface area contributed by atoms with Gasteiger partial charge in [-0.05, 0) is 48.8 Å². The van der Waals surface area contributed by atoms with Crippen LogP contribution in [0.1, 0.15) is 32.9 Å². The van der Waals surface area contributed by atoms with Gasteiger partial charge in [-0.15, -0.1) is 0 Å². The quantitative estimate of drug-likeness (QED) is 0.846. The van der Waals surface area contributed by atoms with Gasteiger partial charge in [-0.25, -0.2) is 0 Å². The van der Waals surface area contributed by atoms with Crippen LogP contribution in [0.15, 0.2) is 54.7 Å². The van der Waals surface area contributed by atoms with E-state index < -0.39 is 5.54 Å². The number of Topliss-reactive ketones (excluding diaryl/α,β-unsaturated/α-hetero) is 1. The van der Waals surface area contributed by atoms with Crippen molar-refractivity contribution in [1.29, 1.82) is 0 Å². The number of hydrogen-bond acceptors (Lipinski definition) is 4. The molecule has 0 radical (unpaired) electrons. The Balaban J connectivity index is 1.59. The predicted molar refractivity (Wildman–Crippen MR) is 116 cm³/mol. The van der Waals surface area contributed by atoms with Crippen LogP contribution in [0, 0.1) is 23.7 Å². The number of ketones is 1.